The van der Waals surface area contributed by atoms with E-state index in [2.05, 4.69) is 20.5 Å². The molecule has 1 N–H and O–H groups in total. The fourth-order valence-corrected chi connectivity index (χ4v) is 4.55. The molecule has 0 bridgehead atoms. The molecule has 3 aromatic heterocycles. The second-order valence-corrected chi connectivity index (χ2v) is 8.83. The van der Waals surface area contributed by atoms with Gasteiger partial charge < -0.3 is 4.74 Å². The highest BCUT2D eigenvalue weighted by molar-refractivity contribution is 7.22. The van der Waals surface area contributed by atoms with Crippen LogP contribution in [0.5, 0.6) is 5.75 Å². The van der Waals surface area contributed by atoms with Gasteiger partial charge in [-0.1, -0.05) is 53.3 Å². The number of hydrogen-bond acceptors (Lipinski definition) is 7. The number of para-hydroxylation sites is 1. The second kappa shape index (κ2) is 9.54. The van der Waals surface area contributed by atoms with Gasteiger partial charge >= 0.3 is 0 Å². The zero-order valence-electron chi connectivity index (χ0n) is 18.0. The fourth-order valence-electron chi connectivity index (χ4n) is 3.57. The summed E-state index contributed by atoms with van der Waals surface area (Å²) in [7, 11) is 1.59. The molecule has 0 saturated heterocycles. The van der Waals surface area contributed by atoms with E-state index in [1.807, 2.05) is 60.7 Å². The first-order valence-corrected chi connectivity index (χ1v) is 11.6. The lowest BCUT2D eigenvalue weighted by atomic mass is 10.0. The number of nitrogens with one attached hydrogen (secondary N) is 1. The molecule has 0 aliphatic heterocycles. The maximum Gasteiger partial charge on any atom is 0.259 e. The molecule has 0 saturated carbocycles. The number of nitrogens with zero attached hydrogens (tertiary/aromatic N) is 4. The smallest absolute Gasteiger partial charge is 0.259 e. The third kappa shape index (κ3) is 4.59. The lowest BCUT2D eigenvalue weighted by Crippen LogP contribution is -2.14. The Morgan fingerprint density at radius 1 is 0.971 bits per heavy atom. The summed E-state index contributed by atoms with van der Waals surface area (Å²) in [5.41, 5.74) is 4.49. The normalized spacial score (nSPS) is 10.9. The van der Waals surface area contributed by atoms with Crippen LogP contribution in [0.2, 0.25) is 5.02 Å². The van der Waals surface area contributed by atoms with E-state index in [4.69, 9.17) is 21.3 Å². The molecule has 3 heterocycles. The molecule has 5 aromatic rings. The Balaban J connectivity index is 1.40. The van der Waals surface area contributed by atoms with E-state index < -0.39 is 0 Å². The standard InChI is InChI=1S/C25H18ClN5O2S/c1-33-22-5-3-2-4-18(22)19-13-27-28-14-20(19)23(32)31-25-30-21-11-10-17(29-24(21)34-25)12-15-6-8-16(26)9-7-15/h2-11,13-14H,12H2,1H3,(H,30,31,32). The molecule has 2 aromatic carbocycles. The number of carbonyl (C=O) groups is 1. The van der Waals surface area contributed by atoms with Crippen molar-refractivity contribution in [1.29, 1.82) is 0 Å². The Kier molecular flexibility index (Phi) is 6.16. The van der Waals surface area contributed by atoms with Crippen molar-refractivity contribution in [1.82, 2.24) is 20.2 Å². The monoisotopic (exact) mass is 487 g/mol. The number of thiazole rings is 1. The van der Waals surface area contributed by atoms with Crippen molar-refractivity contribution in [2.45, 2.75) is 6.42 Å². The topological polar surface area (TPSA) is 89.9 Å². The first-order valence-electron chi connectivity index (χ1n) is 10.4. The lowest BCUT2D eigenvalue weighted by Gasteiger charge is -2.11. The van der Waals surface area contributed by atoms with Gasteiger partial charge in [0.05, 0.1) is 25.1 Å². The van der Waals surface area contributed by atoms with E-state index in [1.54, 1.807) is 13.3 Å². The van der Waals surface area contributed by atoms with Gasteiger partial charge in [0.25, 0.3) is 5.91 Å². The number of hydrogen-bond donors (Lipinski definition) is 1. The molecule has 0 unspecified atom stereocenters. The quantitative estimate of drug-likeness (QED) is 0.332. The van der Waals surface area contributed by atoms with Crippen LogP contribution in [0.3, 0.4) is 0 Å². The van der Waals surface area contributed by atoms with E-state index in [0.717, 1.165) is 27.2 Å². The maximum atomic E-state index is 13.1. The molecule has 0 aliphatic rings. The Hall–Kier alpha value is -3.88. The van der Waals surface area contributed by atoms with Gasteiger partial charge in [0.15, 0.2) is 5.13 Å². The summed E-state index contributed by atoms with van der Waals surface area (Å²) < 4.78 is 5.45. The summed E-state index contributed by atoms with van der Waals surface area (Å²) in [5.74, 6) is 0.304. The van der Waals surface area contributed by atoms with Crippen LogP contribution < -0.4 is 10.1 Å². The van der Waals surface area contributed by atoms with Gasteiger partial charge in [-0.25, -0.2) is 9.97 Å². The molecular weight excluding hydrogens is 470 g/mol. The summed E-state index contributed by atoms with van der Waals surface area (Å²) in [5, 5.41) is 11.9. The van der Waals surface area contributed by atoms with Crippen LogP contribution in [0.4, 0.5) is 5.13 Å². The Labute approximate surface area is 204 Å². The van der Waals surface area contributed by atoms with E-state index >= 15 is 0 Å². The molecule has 9 heteroatoms. The number of ether oxygens (including phenoxy) is 1. The number of pyridine rings is 1. The van der Waals surface area contributed by atoms with Gasteiger partial charge in [-0.3, -0.25) is 10.1 Å². The number of aromatic nitrogens is 4. The van der Waals surface area contributed by atoms with Gasteiger partial charge in [-0.05, 0) is 35.9 Å². The van der Waals surface area contributed by atoms with Gasteiger partial charge in [-0.2, -0.15) is 10.2 Å². The zero-order chi connectivity index (χ0) is 23.5. The molecule has 5 rings (SSSR count). The summed E-state index contributed by atoms with van der Waals surface area (Å²) in [6, 6.07) is 19.0. The molecule has 1 amide bonds. The van der Waals surface area contributed by atoms with Crippen molar-refractivity contribution in [3.8, 4) is 16.9 Å². The number of amides is 1. The molecule has 168 valence electrons. The number of benzene rings is 2. The average Bonchev–Trinajstić information content (AvgIpc) is 3.27. The first kappa shape index (κ1) is 21.9. The highest BCUT2D eigenvalue weighted by Gasteiger charge is 2.18. The third-order valence-electron chi connectivity index (χ3n) is 5.20. The molecular formula is C25H18ClN5O2S. The van der Waals surface area contributed by atoms with Crippen LogP contribution in [-0.4, -0.2) is 33.2 Å². The number of rotatable bonds is 6. The minimum atomic E-state index is -0.337. The van der Waals surface area contributed by atoms with Crippen molar-refractivity contribution < 1.29 is 9.53 Å². The predicted octanol–water partition coefficient (Wildman–Crippen LogP) is 5.65. The van der Waals surface area contributed by atoms with Gasteiger partial charge in [-0.15, -0.1) is 0 Å². The SMILES string of the molecule is COc1ccccc1-c1cnncc1C(=O)Nc1nc2ccc(Cc3ccc(Cl)cc3)nc2s1. The van der Waals surface area contributed by atoms with E-state index in [-0.39, 0.29) is 5.91 Å². The van der Waals surface area contributed by atoms with E-state index in [9.17, 15) is 4.79 Å². The second-order valence-electron chi connectivity index (χ2n) is 7.42. The number of halogens is 1. The van der Waals surface area contributed by atoms with Gasteiger partial charge in [0.1, 0.15) is 16.1 Å². The van der Waals surface area contributed by atoms with E-state index in [1.165, 1.54) is 17.5 Å². The summed E-state index contributed by atoms with van der Waals surface area (Å²) >= 11 is 7.29. The van der Waals surface area contributed by atoms with Crippen molar-refractivity contribution >= 4 is 44.3 Å². The third-order valence-corrected chi connectivity index (χ3v) is 6.34. The van der Waals surface area contributed by atoms with Crippen molar-refractivity contribution in [2.75, 3.05) is 12.4 Å². The van der Waals surface area contributed by atoms with Crippen molar-refractivity contribution in [3.63, 3.8) is 0 Å². The fraction of sp³-hybridized carbons (Fsp3) is 0.0800. The molecule has 0 fully saturated rings. The maximum absolute atomic E-state index is 13.1. The first-order chi connectivity index (χ1) is 16.6. The Morgan fingerprint density at radius 3 is 2.59 bits per heavy atom. The minimum absolute atomic E-state index is 0.337. The molecule has 0 aliphatic carbocycles. The Morgan fingerprint density at radius 2 is 1.76 bits per heavy atom. The highest BCUT2D eigenvalue weighted by Crippen LogP contribution is 2.32. The summed E-state index contributed by atoms with van der Waals surface area (Å²) in [4.78, 5) is 23.1. The lowest BCUT2D eigenvalue weighted by molar-refractivity contribution is 0.102. The average molecular weight is 488 g/mol. The number of carbonyl (C=O) groups excluding carboxylic acids is 1. The van der Waals surface area contributed by atoms with Gasteiger partial charge in [0, 0.05) is 28.3 Å². The molecule has 34 heavy (non-hydrogen) atoms. The number of fused-ring (bicyclic) bond motifs is 1. The molecule has 0 atom stereocenters. The van der Waals surface area contributed by atoms with Crippen LogP contribution >= 0.6 is 22.9 Å². The zero-order valence-corrected chi connectivity index (χ0v) is 19.6. The van der Waals surface area contributed by atoms with Crippen molar-refractivity contribution in [2.24, 2.45) is 0 Å². The molecule has 7 nitrogen and oxygen atoms in total. The van der Waals surface area contributed by atoms with Crippen LogP contribution in [-0.2, 0) is 6.42 Å². The Bertz CT molecular complexity index is 1490. The number of anilines is 1. The summed E-state index contributed by atoms with van der Waals surface area (Å²) in [6.07, 6.45) is 3.67. The largest absolute Gasteiger partial charge is 0.496 e. The van der Waals surface area contributed by atoms with Crippen molar-refractivity contribution in [3.05, 3.63) is 94.9 Å². The predicted molar refractivity (Wildman–Crippen MR) is 134 cm³/mol. The molecule has 0 radical (unpaired) electrons. The van der Waals surface area contributed by atoms with Crippen LogP contribution in [0, 0.1) is 0 Å². The van der Waals surface area contributed by atoms with Crippen LogP contribution in [0.25, 0.3) is 21.5 Å². The van der Waals surface area contributed by atoms with Gasteiger partial charge in [0.2, 0.25) is 0 Å². The van der Waals surface area contributed by atoms with Crippen LogP contribution in [0.1, 0.15) is 21.6 Å². The highest BCUT2D eigenvalue weighted by atomic mass is 35.5. The summed E-state index contributed by atoms with van der Waals surface area (Å²) in [6.45, 7) is 0. The molecule has 0 spiro atoms. The minimum Gasteiger partial charge on any atom is -0.496 e. The van der Waals surface area contributed by atoms with Crippen LogP contribution in [0.15, 0.2) is 73.1 Å². The number of methoxy groups -OCH3 is 1. The van der Waals surface area contributed by atoms with E-state index in [0.29, 0.717) is 33.5 Å².